The van der Waals surface area contributed by atoms with Crippen molar-refractivity contribution in [3.05, 3.63) is 82.6 Å². The van der Waals surface area contributed by atoms with Gasteiger partial charge in [-0.15, -0.1) is 0 Å². The van der Waals surface area contributed by atoms with E-state index in [1.165, 1.54) is 11.2 Å². The lowest BCUT2D eigenvalue weighted by Crippen LogP contribution is -2.43. The zero-order chi connectivity index (χ0) is 23.4. The van der Waals surface area contributed by atoms with Crippen LogP contribution in [0.1, 0.15) is 62.1 Å². The maximum atomic E-state index is 13.6. The highest BCUT2D eigenvalue weighted by atomic mass is 16.5. The number of ketones is 1. The number of furan rings is 1. The van der Waals surface area contributed by atoms with Crippen LogP contribution in [-0.4, -0.2) is 39.8 Å². The molecule has 1 amide bonds. The van der Waals surface area contributed by atoms with E-state index in [1.807, 2.05) is 6.07 Å². The fourth-order valence-electron chi connectivity index (χ4n) is 3.88. The van der Waals surface area contributed by atoms with Gasteiger partial charge in [-0.1, -0.05) is 18.2 Å². The Kier molecular flexibility index (Phi) is 6.98. The largest absolute Gasteiger partial charge is 0.467 e. The third-order valence-corrected chi connectivity index (χ3v) is 5.68. The predicted octanol–water partition coefficient (Wildman–Crippen LogP) is 4.33. The average molecular weight is 437 g/mol. The summed E-state index contributed by atoms with van der Waals surface area (Å²) in [5.41, 5.74) is 2.44. The number of aromatic nitrogens is 1. The van der Waals surface area contributed by atoms with Gasteiger partial charge in [0, 0.05) is 23.9 Å². The van der Waals surface area contributed by atoms with Crippen molar-refractivity contribution in [3.63, 3.8) is 0 Å². The summed E-state index contributed by atoms with van der Waals surface area (Å²) in [6.45, 7) is 7.33. The normalized spacial score (nSPS) is 11.8. The van der Waals surface area contributed by atoms with E-state index >= 15 is 0 Å². The van der Waals surface area contributed by atoms with Gasteiger partial charge in [0.2, 0.25) is 0 Å². The molecule has 1 unspecified atom stereocenters. The second-order valence-corrected chi connectivity index (χ2v) is 7.63. The smallest absolute Gasteiger partial charge is 0.355 e. The van der Waals surface area contributed by atoms with Crippen molar-refractivity contribution in [2.24, 2.45) is 7.05 Å². The quantitative estimate of drug-likeness (QED) is 0.388. The van der Waals surface area contributed by atoms with E-state index in [0.29, 0.717) is 33.8 Å². The first-order valence-electron chi connectivity index (χ1n) is 10.5. The molecule has 32 heavy (non-hydrogen) atoms. The predicted molar refractivity (Wildman–Crippen MR) is 120 cm³/mol. The summed E-state index contributed by atoms with van der Waals surface area (Å²) in [6, 6.07) is 11.5. The monoisotopic (exact) mass is 436 g/mol. The van der Waals surface area contributed by atoms with E-state index in [9.17, 15) is 14.4 Å². The van der Waals surface area contributed by atoms with Gasteiger partial charge < -0.3 is 18.6 Å². The molecular weight excluding hydrogens is 408 g/mol. The Labute approximate surface area is 187 Å². The van der Waals surface area contributed by atoms with Gasteiger partial charge in [-0.3, -0.25) is 9.59 Å². The molecule has 1 atom stereocenters. The van der Waals surface area contributed by atoms with Crippen molar-refractivity contribution in [2.75, 3.05) is 6.61 Å². The molecule has 168 valence electrons. The minimum absolute atomic E-state index is 0.142. The van der Waals surface area contributed by atoms with E-state index in [4.69, 9.17) is 9.15 Å². The Bertz CT molecular complexity index is 1110. The maximum Gasteiger partial charge on any atom is 0.355 e. The zero-order valence-corrected chi connectivity index (χ0v) is 19.0. The van der Waals surface area contributed by atoms with Crippen LogP contribution >= 0.6 is 0 Å². The molecule has 1 aromatic carbocycles. The van der Waals surface area contributed by atoms with Gasteiger partial charge in [0.25, 0.3) is 5.91 Å². The van der Waals surface area contributed by atoms with Crippen LogP contribution in [0.4, 0.5) is 0 Å². The Balaban J connectivity index is 2.00. The molecule has 3 rings (SSSR count). The fourth-order valence-corrected chi connectivity index (χ4v) is 3.88. The summed E-state index contributed by atoms with van der Waals surface area (Å²) in [5.74, 6) is -0.431. The van der Waals surface area contributed by atoms with Crippen LogP contribution in [0, 0.1) is 13.8 Å². The number of hydrogen-bond donors (Lipinski definition) is 0. The minimum atomic E-state index is -0.789. The highest BCUT2D eigenvalue weighted by Gasteiger charge is 2.33. The van der Waals surface area contributed by atoms with Crippen molar-refractivity contribution < 1.29 is 23.5 Å². The molecule has 3 aromatic rings. The number of nitrogens with zero attached hydrogens (tertiary/aromatic N) is 2. The number of ether oxygens (including phenoxy) is 1. The Hall–Kier alpha value is -3.61. The lowest BCUT2D eigenvalue weighted by molar-refractivity contribution is 0.0513. The van der Waals surface area contributed by atoms with Crippen LogP contribution in [0.15, 0.2) is 53.1 Å². The number of amides is 1. The van der Waals surface area contributed by atoms with Crippen LogP contribution in [-0.2, 0) is 18.3 Å². The molecule has 0 radical (unpaired) electrons. The fraction of sp³-hybridized carbons (Fsp3) is 0.320. The second-order valence-electron chi connectivity index (χ2n) is 7.63. The number of benzene rings is 1. The summed E-state index contributed by atoms with van der Waals surface area (Å²) in [7, 11) is 1.73. The topological polar surface area (TPSA) is 81.8 Å². The molecule has 0 bridgehead atoms. The van der Waals surface area contributed by atoms with Gasteiger partial charge in [-0.2, -0.15) is 0 Å². The Morgan fingerprint density at radius 3 is 2.38 bits per heavy atom. The standard InChI is InChI=1S/C25H28N2O5/c1-6-31-25(30)22-16(2)21(17(3)26(22)5)23(28)18(4)27(15-20-13-10-14-32-20)24(29)19-11-8-7-9-12-19/h7-14,18H,6,15H2,1-5H3. The number of carbonyl (C=O) groups is 3. The maximum absolute atomic E-state index is 13.6. The third-order valence-electron chi connectivity index (χ3n) is 5.68. The van der Waals surface area contributed by atoms with Crippen LogP contribution in [0.5, 0.6) is 0 Å². The van der Waals surface area contributed by atoms with Crippen molar-refractivity contribution in [2.45, 2.75) is 40.3 Å². The van der Waals surface area contributed by atoms with Crippen LogP contribution in [0.3, 0.4) is 0 Å². The molecular formula is C25H28N2O5. The first-order valence-corrected chi connectivity index (χ1v) is 10.5. The lowest BCUT2D eigenvalue weighted by atomic mass is 9.99. The molecule has 2 aromatic heterocycles. The van der Waals surface area contributed by atoms with Crippen molar-refractivity contribution >= 4 is 17.7 Å². The molecule has 2 heterocycles. The lowest BCUT2D eigenvalue weighted by Gasteiger charge is -2.28. The minimum Gasteiger partial charge on any atom is -0.467 e. The molecule has 0 aliphatic carbocycles. The summed E-state index contributed by atoms with van der Waals surface area (Å²) in [5, 5.41) is 0. The molecule has 7 heteroatoms. The van der Waals surface area contributed by atoms with Crippen molar-refractivity contribution in [1.82, 2.24) is 9.47 Å². The van der Waals surface area contributed by atoms with E-state index in [0.717, 1.165) is 0 Å². The molecule has 0 fully saturated rings. The first-order chi connectivity index (χ1) is 15.3. The molecule has 0 saturated carbocycles. The number of rotatable bonds is 8. The molecule has 0 N–H and O–H groups in total. The Morgan fingerprint density at radius 1 is 1.09 bits per heavy atom. The highest BCUT2D eigenvalue weighted by molar-refractivity contribution is 6.07. The second kappa shape index (κ2) is 9.68. The van der Waals surface area contributed by atoms with Gasteiger partial charge in [0.1, 0.15) is 11.5 Å². The van der Waals surface area contributed by atoms with Crippen LogP contribution < -0.4 is 0 Å². The number of Topliss-reactive ketones (excluding diaryl/α,β-unsaturated/α-hetero) is 1. The molecule has 0 spiro atoms. The number of hydrogen-bond acceptors (Lipinski definition) is 5. The van der Waals surface area contributed by atoms with Gasteiger partial charge in [0.05, 0.1) is 25.5 Å². The van der Waals surface area contributed by atoms with Crippen LogP contribution in [0.2, 0.25) is 0 Å². The van der Waals surface area contributed by atoms with E-state index in [-0.39, 0.29) is 24.8 Å². The number of carbonyl (C=O) groups excluding carboxylic acids is 3. The van der Waals surface area contributed by atoms with E-state index < -0.39 is 12.0 Å². The summed E-state index contributed by atoms with van der Waals surface area (Å²) in [6.07, 6.45) is 1.53. The SMILES string of the molecule is CCOC(=O)c1c(C)c(C(=O)C(C)N(Cc2ccco2)C(=O)c2ccccc2)c(C)n1C. The summed E-state index contributed by atoms with van der Waals surface area (Å²) in [4.78, 5) is 40.9. The van der Waals surface area contributed by atoms with Crippen molar-refractivity contribution in [1.29, 1.82) is 0 Å². The zero-order valence-electron chi connectivity index (χ0n) is 19.0. The summed E-state index contributed by atoms with van der Waals surface area (Å²) < 4.78 is 12.3. The average Bonchev–Trinajstić information content (AvgIpc) is 3.37. The summed E-state index contributed by atoms with van der Waals surface area (Å²) >= 11 is 0. The molecule has 0 aliphatic heterocycles. The van der Waals surface area contributed by atoms with Gasteiger partial charge in [0.15, 0.2) is 5.78 Å². The van der Waals surface area contributed by atoms with Gasteiger partial charge in [-0.25, -0.2) is 4.79 Å². The van der Waals surface area contributed by atoms with Crippen molar-refractivity contribution in [3.8, 4) is 0 Å². The molecule has 0 saturated heterocycles. The van der Waals surface area contributed by atoms with Gasteiger partial charge >= 0.3 is 5.97 Å². The van der Waals surface area contributed by atoms with Crippen LogP contribution in [0.25, 0.3) is 0 Å². The van der Waals surface area contributed by atoms with E-state index in [1.54, 1.807) is 75.7 Å². The first kappa shape index (κ1) is 23.1. The number of esters is 1. The third kappa shape index (κ3) is 4.37. The highest BCUT2D eigenvalue weighted by Crippen LogP contribution is 2.26. The molecule has 7 nitrogen and oxygen atoms in total. The molecule has 0 aliphatic rings. The van der Waals surface area contributed by atoms with E-state index in [2.05, 4.69) is 0 Å². The van der Waals surface area contributed by atoms with Gasteiger partial charge in [-0.05, 0) is 57.5 Å². The Morgan fingerprint density at radius 2 is 1.78 bits per heavy atom.